The van der Waals surface area contributed by atoms with Gasteiger partial charge in [0.25, 0.3) is 11.8 Å². The smallest absolute Gasteiger partial charge is 0.344 e. The summed E-state index contributed by atoms with van der Waals surface area (Å²) >= 11 is 0. The minimum Gasteiger partial charge on any atom is -0.484 e. The highest BCUT2D eigenvalue weighted by Gasteiger charge is 2.52. The molecule has 7 nitrogen and oxygen atoms in total. The Morgan fingerprint density at radius 3 is 2.75 bits per heavy atom. The van der Waals surface area contributed by atoms with Gasteiger partial charge in [-0.05, 0) is 37.5 Å². The molecular weight excluding hydrogens is 310 g/mol. The molecule has 0 unspecified atom stereocenters. The number of nitrogens with one attached hydrogen (secondary N) is 2. The zero-order chi connectivity index (χ0) is 17.2. The second-order valence-electron chi connectivity index (χ2n) is 6.35. The SMILES string of the molecule is Cc1cccc(OCC(=O)NN2C(=O)NC3(CCCCC3)C2=O)c1. The first-order chi connectivity index (χ1) is 11.5. The number of ether oxygens (including phenoxy) is 1. The number of aryl methyl sites for hydroxylation is 1. The van der Waals surface area contributed by atoms with Crippen LogP contribution in [0.2, 0.25) is 0 Å². The quantitative estimate of drug-likeness (QED) is 0.822. The zero-order valence-electron chi connectivity index (χ0n) is 13.6. The fourth-order valence-corrected chi connectivity index (χ4v) is 3.23. The molecule has 1 heterocycles. The normalized spacial score (nSPS) is 19.3. The summed E-state index contributed by atoms with van der Waals surface area (Å²) in [5.74, 6) is -0.366. The van der Waals surface area contributed by atoms with Crippen molar-refractivity contribution in [3.8, 4) is 5.75 Å². The highest BCUT2D eigenvalue weighted by Crippen LogP contribution is 2.32. The molecular formula is C17H21N3O4. The van der Waals surface area contributed by atoms with E-state index < -0.39 is 17.5 Å². The van der Waals surface area contributed by atoms with Crippen LogP contribution in [0, 0.1) is 6.92 Å². The van der Waals surface area contributed by atoms with Crippen LogP contribution in [0.5, 0.6) is 5.75 Å². The van der Waals surface area contributed by atoms with E-state index >= 15 is 0 Å². The van der Waals surface area contributed by atoms with Gasteiger partial charge in [0, 0.05) is 0 Å². The van der Waals surface area contributed by atoms with E-state index in [0.29, 0.717) is 18.6 Å². The van der Waals surface area contributed by atoms with Crippen molar-refractivity contribution in [1.29, 1.82) is 0 Å². The van der Waals surface area contributed by atoms with E-state index in [4.69, 9.17) is 4.74 Å². The van der Waals surface area contributed by atoms with Crippen LogP contribution in [0.25, 0.3) is 0 Å². The Balaban J connectivity index is 1.58. The van der Waals surface area contributed by atoms with Crippen molar-refractivity contribution in [2.45, 2.75) is 44.6 Å². The Morgan fingerprint density at radius 1 is 1.29 bits per heavy atom. The number of nitrogens with zero attached hydrogens (tertiary/aromatic N) is 1. The molecule has 0 bridgehead atoms. The molecule has 3 rings (SSSR count). The molecule has 4 amide bonds. The third-order valence-electron chi connectivity index (χ3n) is 4.46. The molecule has 1 aromatic carbocycles. The van der Waals surface area contributed by atoms with Crippen LogP contribution in [-0.4, -0.2) is 35.0 Å². The van der Waals surface area contributed by atoms with Crippen LogP contribution < -0.4 is 15.5 Å². The van der Waals surface area contributed by atoms with Crippen LogP contribution in [-0.2, 0) is 9.59 Å². The Morgan fingerprint density at radius 2 is 2.04 bits per heavy atom. The summed E-state index contributed by atoms with van der Waals surface area (Å²) in [4.78, 5) is 36.6. The maximum atomic E-state index is 12.5. The fourth-order valence-electron chi connectivity index (χ4n) is 3.23. The van der Waals surface area contributed by atoms with Crippen molar-refractivity contribution in [2.75, 3.05) is 6.61 Å². The number of carbonyl (C=O) groups is 3. The van der Waals surface area contributed by atoms with Gasteiger partial charge in [0.1, 0.15) is 11.3 Å². The molecule has 1 saturated heterocycles. The standard InChI is InChI=1S/C17H21N3O4/c1-12-6-5-7-13(10-12)24-11-14(21)19-20-15(22)17(18-16(20)23)8-3-2-4-9-17/h5-7,10H,2-4,8-9,11H2,1H3,(H,18,23)(H,19,21). The number of carbonyl (C=O) groups excluding carboxylic acids is 3. The third-order valence-corrected chi connectivity index (χ3v) is 4.46. The lowest BCUT2D eigenvalue weighted by molar-refractivity contribution is -0.140. The molecule has 2 aliphatic rings. The largest absolute Gasteiger partial charge is 0.484 e. The van der Waals surface area contributed by atoms with E-state index in [1.807, 2.05) is 19.1 Å². The predicted octanol–water partition coefficient (Wildman–Crippen LogP) is 1.66. The predicted molar refractivity (Wildman–Crippen MR) is 86.0 cm³/mol. The molecule has 1 aromatic rings. The average molecular weight is 331 g/mol. The van der Waals surface area contributed by atoms with Crippen molar-refractivity contribution in [2.24, 2.45) is 0 Å². The first-order valence-electron chi connectivity index (χ1n) is 8.16. The van der Waals surface area contributed by atoms with Crippen molar-refractivity contribution in [1.82, 2.24) is 15.8 Å². The number of hydrogen-bond acceptors (Lipinski definition) is 4. The molecule has 0 atom stereocenters. The number of hydrazine groups is 1. The van der Waals surface area contributed by atoms with Crippen LogP contribution in [0.15, 0.2) is 24.3 Å². The highest BCUT2D eigenvalue weighted by molar-refractivity contribution is 6.08. The summed E-state index contributed by atoms with van der Waals surface area (Å²) < 4.78 is 5.38. The number of hydrogen-bond donors (Lipinski definition) is 2. The Hall–Kier alpha value is -2.57. The molecule has 24 heavy (non-hydrogen) atoms. The molecule has 2 fully saturated rings. The van der Waals surface area contributed by atoms with E-state index in [1.54, 1.807) is 12.1 Å². The maximum Gasteiger partial charge on any atom is 0.344 e. The third kappa shape index (κ3) is 3.20. The Bertz CT molecular complexity index is 668. The number of imide groups is 1. The second kappa shape index (κ2) is 6.51. The van der Waals surface area contributed by atoms with E-state index in [9.17, 15) is 14.4 Å². The van der Waals surface area contributed by atoms with Gasteiger partial charge in [-0.1, -0.05) is 31.4 Å². The topological polar surface area (TPSA) is 87.7 Å². The second-order valence-corrected chi connectivity index (χ2v) is 6.35. The summed E-state index contributed by atoms with van der Waals surface area (Å²) in [7, 11) is 0. The lowest BCUT2D eigenvalue weighted by atomic mass is 9.82. The molecule has 0 radical (unpaired) electrons. The first kappa shape index (κ1) is 16.3. The zero-order valence-corrected chi connectivity index (χ0v) is 13.6. The summed E-state index contributed by atoms with van der Waals surface area (Å²) in [5.41, 5.74) is 2.51. The monoisotopic (exact) mass is 331 g/mol. The number of urea groups is 1. The Labute approximate surface area is 140 Å². The van der Waals surface area contributed by atoms with Crippen LogP contribution in [0.1, 0.15) is 37.7 Å². The molecule has 1 aliphatic carbocycles. The molecule has 0 aromatic heterocycles. The average Bonchev–Trinajstić information content (AvgIpc) is 2.78. The lowest BCUT2D eigenvalue weighted by Gasteiger charge is -2.30. The van der Waals surface area contributed by atoms with Crippen molar-refractivity contribution >= 4 is 17.8 Å². The molecule has 1 aliphatic heterocycles. The number of benzene rings is 1. The number of rotatable bonds is 4. The fraction of sp³-hybridized carbons (Fsp3) is 0.471. The summed E-state index contributed by atoms with van der Waals surface area (Å²) in [6, 6.07) is 6.71. The molecule has 2 N–H and O–H groups in total. The van der Waals surface area contributed by atoms with E-state index in [2.05, 4.69) is 10.7 Å². The van der Waals surface area contributed by atoms with Gasteiger partial charge in [0.15, 0.2) is 6.61 Å². The van der Waals surface area contributed by atoms with Gasteiger partial charge in [-0.15, -0.1) is 0 Å². The van der Waals surface area contributed by atoms with Gasteiger partial charge in [-0.2, -0.15) is 5.01 Å². The van der Waals surface area contributed by atoms with Gasteiger partial charge in [-0.25, -0.2) is 4.79 Å². The lowest BCUT2D eigenvalue weighted by Crippen LogP contribution is -2.51. The molecule has 7 heteroatoms. The first-order valence-corrected chi connectivity index (χ1v) is 8.16. The maximum absolute atomic E-state index is 12.5. The molecule has 1 saturated carbocycles. The summed E-state index contributed by atoms with van der Waals surface area (Å²) in [6.07, 6.45) is 4.07. The van der Waals surface area contributed by atoms with Crippen LogP contribution >= 0.6 is 0 Å². The Kier molecular flexibility index (Phi) is 4.42. The van der Waals surface area contributed by atoms with Gasteiger partial charge in [0.05, 0.1) is 0 Å². The van der Waals surface area contributed by atoms with Gasteiger partial charge in [0.2, 0.25) is 0 Å². The van der Waals surface area contributed by atoms with Gasteiger partial charge >= 0.3 is 6.03 Å². The van der Waals surface area contributed by atoms with Crippen molar-refractivity contribution in [3.05, 3.63) is 29.8 Å². The molecule has 128 valence electrons. The molecule has 1 spiro atoms. The highest BCUT2D eigenvalue weighted by atomic mass is 16.5. The van der Waals surface area contributed by atoms with Crippen LogP contribution in [0.4, 0.5) is 4.79 Å². The van der Waals surface area contributed by atoms with E-state index in [-0.39, 0.29) is 12.5 Å². The van der Waals surface area contributed by atoms with E-state index in [1.165, 1.54) is 0 Å². The minimum absolute atomic E-state index is 0.270. The number of amides is 4. The van der Waals surface area contributed by atoms with Crippen molar-refractivity contribution in [3.63, 3.8) is 0 Å². The van der Waals surface area contributed by atoms with Crippen LogP contribution in [0.3, 0.4) is 0 Å². The van der Waals surface area contributed by atoms with Gasteiger partial charge in [-0.3, -0.25) is 15.0 Å². The summed E-state index contributed by atoms with van der Waals surface area (Å²) in [5, 5.41) is 3.52. The minimum atomic E-state index is -0.847. The van der Waals surface area contributed by atoms with Crippen molar-refractivity contribution < 1.29 is 19.1 Å². The summed E-state index contributed by atoms with van der Waals surface area (Å²) in [6.45, 7) is 1.65. The van der Waals surface area contributed by atoms with E-state index in [0.717, 1.165) is 29.8 Å². The van der Waals surface area contributed by atoms with Gasteiger partial charge < -0.3 is 10.1 Å².